The van der Waals surface area contributed by atoms with Crippen LogP contribution in [0.3, 0.4) is 0 Å². The number of thiophene rings is 1. The fraction of sp³-hybridized carbons (Fsp3) is 0. The van der Waals surface area contributed by atoms with Gasteiger partial charge in [0.2, 0.25) is 0 Å². The summed E-state index contributed by atoms with van der Waals surface area (Å²) in [7, 11) is 0. The summed E-state index contributed by atoms with van der Waals surface area (Å²) in [6, 6.07) is 67.7. The van der Waals surface area contributed by atoms with Gasteiger partial charge in [-0.15, -0.1) is 11.3 Å². The second-order valence-electron chi connectivity index (χ2n) is 14.1. The number of rotatable bonds is 5. The Morgan fingerprint density at radius 1 is 0.309 bits per heavy atom. The topological polar surface area (TPSA) is 25.8 Å². The van der Waals surface area contributed by atoms with Crippen LogP contribution in [0.2, 0.25) is 0 Å². The van der Waals surface area contributed by atoms with E-state index in [9.17, 15) is 0 Å². The molecule has 2 aromatic heterocycles. The van der Waals surface area contributed by atoms with Crippen molar-refractivity contribution in [3.05, 3.63) is 194 Å². The Balaban J connectivity index is 1.21. The summed E-state index contributed by atoms with van der Waals surface area (Å²) in [5, 5.41) is 7.14. The maximum absolute atomic E-state index is 5.45. The van der Waals surface area contributed by atoms with Gasteiger partial charge < -0.3 is 0 Å². The van der Waals surface area contributed by atoms with Gasteiger partial charge in [-0.2, -0.15) is 0 Å². The molecule has 0 radical (unpaired) electrons. The molecule has 9 aromatic carbocycles. The highest BCUT2D eigenvalue weighted by Crippen LogP contribution is 2.49. The van der Waals surface area contributed by atoms with E-state index in [4.69, 9.17) is 9.97 Å². The van der Waals surface area contributed by atoms with Crippen molar-refractivity contribution in [2.24, 2.45) is 0 Å². The predicted molar refractivity (Wildman–Crippen MR) is 235 cm³/mol. The number of benzene rings is 9. The van der Waals surface area contributed by atoms with Crippen LogP contribution in [0.5, 0.6) is 0 Å². The van der Waals surface area contributed by atoms with E-state index in [1.807, 2.05) is 17.5 Å². The molecule has 0 aliphatic rings. The van der Waals surface area contributed by atoms with Crippen molar-refractivity contribution in [1.29, 1.82) is 0 Å². The van der Waals surface area contributed by atoms with E-state index < -0.39 is 0 Å². The summed E-state index contributed by atoms with van der Waals surface area (Å²) in [5.41, 5.74) is 13.4. The molecule has 0 spiro atoms. The van der Waals surface area contributed by atoms with E-state index >= 15 is 0 Å². The molecule has 0 atom stereocenters. The van der Waals surface area contributed by atoms with Crippen molar-refractivity contribution in [3.8, 4) is 55.8 Å². The molecule has 55 heavy (non-hydrogen) atoms. The molecule has 0 unspecified atom stereocenters. The molecule has 0 aliphatic carbocycles. The van der Waals surface area contributed by atoms with Crippen molar-refractivity contribution in [2.75, 3.05) is 0 Å². The van der Waals surface area contributed by atoms with Crippen LogP contribution >= 0.6 is 11.3 Å². The fourth-order valence-electron chi connectivity index (χ4n) is 8.30. The molecule has 256 valence electrons. The largest absolute Gasteiger partial charge is 0.252 e. The van der Waals surface area contributed by atoms with Gasteiger partial charge in [-0.05, 0) is 68.4 Å². The van der Waals surface area contributed by atoms with Crippen LogP contribution in [0, 0.1) is 0 Å². The summed E-state index contributed by atoms with van der Waals surface area (Å²) in [6.45, 7) is 0. The maximum atomic E-state index is 5.45. The molecule has 2 heterocycles. The van der Waals surface area contributed by atoms with Crippen LogP contribution in [0.4, 0.5) is 0 Å². The van der Waals surface area contributed by atoms with Crippen molar-refractivity contribution in [1.82, 2.24) is 9.97 Å². The first kappa shape index (κ1) is 31.6. The van der Waals surface area contributed by atoms with Crippen LogP contribution in [0.1, 0.15) is 0 Å². The highest BCUT2D eigenvalue weighted by atomic mass is 32.1. The zero-order valence-electron chi connectivity index (χ0n) is 29.8. The Labute approximate surface area is 322 Å². The average Bonchev–Trinajstić information content (AvgIpc) is 3.65. The Bertz CT molecular complexity index is 3210. The molecular formula is C52H32N2S. The molecule has 0 aliphatic heterocycles. The molecular weight excluding hydrogens is 685 g/mol. The second kappa shape index (κ2) is 12.9. The molecule has 0 fully saturated rings. The number of fused-ring (bicyclic) bond motifs is 9. The number of aromatic nitrogens is 2. The monoisotopic (exact) mass is 716 g/mol. The highest BCUT2D eigenvalue weighted by molar-refractivity contribution is 7.27. The SMILES string of the molecule is c1ccc(-c2cc(-c3ccccc3)c3sc4c(-c5ccccc5-c5cnc6c7ccccc7c7ccccc7c6n5)cc(-c5ccccc5)cc4c3c2)cc1. The van der Waals surface area contributed by atoms with Crippen LogP contribution < -0.4 is 0 Å². The van der Waals surface area contributed by atoms with Gasteiger partial charge in [0.1, 0.15) is 0 Å². The van der Waals surface area contributed by atoms with Gasteiger partial charge >= 0.3 is 0 Å². The van der Waals surface area contributed by atoms with E-state index in [1.165, 1.54) is 69.9 Å². The first-order valence-electron chi connectivity index (χ1n) is 18.6. The highest BCUT2D eigenvalue weighted by Gasteiger charge is 2.21. The van der Waals surface area contributed by atoms with Crippen LogP contribution in [0.25, 0.3) is 109 Å². The van der Waals surface area contributed by atoms with Crippen LogP contribution in [-0.2, 0) is 0 Å². The van der Waals surface area contributed by atoms with E-state index in [2.05, 4.69) is 188 Å². The molecule has 0 bridgehead atoms. The Morgan fingerprint density at radius 2 is 0.764 bits per heavy atom. The summed E-state index contributed by atoms with van der Waals surface area (Å²) in [5.74, 6) is 0. The average molecular weight is 717 g/mol. The Kier molecular flexibility index (Phi) is 7.39. The standard InChI is InChI=1S/C52H32N2S/c1-4-16-33(17-5-1)36-28-44(35-20-8-3-9-21-35)51-46(30-36)47-31-37(34-18-6-2-7-19-34)29-45(52(47)55-51)40-24-10-13-25-41(40)48-32-53-49-42-26-14-11-22-38(42)39-23-12-15-27-43(39)50(49)54-48/h1-32H. The zero-order valence-corrected chi connectivity index (χ0v) is 30.6. The third kappa shape index (κ3) is 5.24. The molecule has 0 saturated heterocycles. The normalized spacial score (nSPS) is 11.6. The first-order chi connectivity index (χ1) is 27.3. The second-order valence-corrected chi connectivity index (χ2v) is 15.1. The molecule has 3 heteroatoms. The molecule has 0 N–H and O–H groups in total. The number of hydrogen-bond acceptors (Lipinski definition) is 3. The Hall–Kier alpha value is -6.94. The molecule has 0 amide bonds. The van der Waals surface area contributed by atoms with Crippen LogP contribution in [0.15, 0.2) is 194 Å². The quantitative estimate of drug-likeness (QED) is 0.166. The van der Waals surface area contributed by atoms with Crippen molar-refractivity contribution >= 4 is 64.1 Å². The molecule has 0 saturated carbocycles. The summed E-state index contributed by atoms with van der Waals surface area (Å²) in [6.07, 6.45) is 1.96. The maximum Gasteiger partial charge on any atom is 0.0979 e. The van der Waals surface area contributed by atoms with Crippen molar-refractivity contribution < 1.29 is 0 Å². The predicted octanol–water partition coefficient (Wildman–Crippen LogP) is 14.6. The lowest BCUT2D eigenvalue weighted by atomic mass is 9.91. The zero-order chi connectivity index (χ0) is 36.3. The van der Waals surface area contributed by atoms with E-state index in [-0.39, 0.29) is 0 Å². The van der Waals surface area contributed by atoms with Gasteiger partial charge in [0, 0.05) is 47.6 Å². The van der Waals surface area contributed by atoms with Gasteiger partial charge in [-0.1, -0.05) is 164 Å². The van der Waals surface area contributed by atoms with Crippen molar-refractivity contribution in [3.63, 3.8) is 0 Å². The lowest BCUT2D eigenvalue weighted by molar-refractivity contribution is 1.31. The van der Waals surface area contributed by atoms with E-state index in [1.54, 1.807) is 0 Å². The molecule has 2 nitrogen and oxygen atoms in total. The van der Waals surface area contributed by atoms with Crippen LogP contribution in [-0.4, -0.2) is 9.97 Å². The number of nitrogens with zero attached hydrogens (tertiary/aromatic N) is 2. The summed E-state index contributed by atoms with van der Waals surface area (Å²) < 4.78 is 2.54. The fourth-order valence-corrected chi connectivity index (χ4v) is 9.63. The molecule has 11 rings (SSSR count). The summed E-state index contributed by atoms with van der Waals surface area (Å²) in [4.78, 5) is 10.6. The lowest BCUT2D eigenvalue weighted by Gasteiger charge is -2.14. The van der Waals surface area contributed by atoms with Gasteiger partial charge in [-0.25, -0.2) is 4.98 Å². The van der Waals surface area contributed by atoms with Crippen molar-refractivity contribution in [2.45, 2.75) is 0 Å². The third-order valence-corrected chi connectivity index (χ3v) is 12.2. The lowest BCUT2D eigenvalue weighted by Crippen LogP contribution is -1.94. The summed E-state index contributed by atoms with van der Waals surface area (Å²) >= 11 is 1.89. The van der Waals surface area contributed by atoms with E-state index in [0.717, 1.165) is 38.6 Å². The van der Waals surface area contributed by atoms with Gasteiger partial charge in [0.25, 0.3) is 0 Å². The van der Waals surface area contributed by atoms with Gasteiger partial charge in [-0.3, -0.25) is 4.98 Å². The first-order valence-corrected chi connectivity index (χ1v) is 19.5. The molecule has 11 aromatic rings. The third-order valence-electron chi connectivity index (χ3n) is 10.9. The smallest absolute Gasteiger partial charge is 0.0979 e. The minimum Gasteiger partial charge on any atom is -0.252 e. The minimum absolute atomic E-state index is 0.860. The van der Waals surface area contributed by atoms with Gasteiger partial charge in [0.15, 0.2) is 0 Å². The minimum atomic E-state index is 0.860. The van der Waals surface area contributed by atoms with E-state index in [0.29, 0.717) is 0 Å². The van der Waals surface area contributed by atoms with Gasteiger partial charge in [0.05, 0.1) is 22.9 Å². The Morgan fingerprint density at radius 3 is 1.36 bits per heavy atom. The number of hydrogen-bond donors (Lipinski definition) is 0.